The summed E-state index contributed by atoms with van der Waals surface area (Å²) in [7, 11) is 0. The SMILES string of the molecule is C[C@H]1O[C@H](C2CCCCC2)[C@@H](c2ccc(N3CCC(C=O)CC3)cc2)c2ccc(O)cc21. The summed E-state index contributed by atoms with van der Waals surface area (Å²) in [6.07, 6.45) is 9.59. The van der Waals surface area contributed by atoms with Crippen LogP contribution >= 0.6 is 0 Å². The molecule has 4 nitrogen and oxygen atoms in total. The van der Waals surface area contributed by atoms with Crippen molar-refractivity contribution in [2.75, 3.05) is 18.0 Å². The largest absolute Gasteiger partial charge is 0.508 e. The van der Waals surface area contributed by atoms with E-state index in [1.165, 1.54) is 48.9 Å². The number of aromatic hydroxyl groups is 1. The number of nitrogens with zero attached hydrogens (tertiary/aromatic N) is 1. The summed E-state index contributed by atoms with van der Waals surface area (Å²) in [6, 6.07) is 14.9. The lowest BCUT2D eigenvalue weighted by molar-refractivity contribution is -0.111. The maximum absolute atomic E-state index is 11.1. The van der Waals surface area contributed by atoms with E-state index in [0.29, 0.717) is 11.7 Å². The quantitative estimate of drug-likeness (QED) is 0.603. The summed E-state index contributed by atoms with van der Waals surface area (Å²) in [5.74, 6) is 1.30. The van der Waals surface area contributed by atoms with Gasteiger partial charge in [-0.1, -0.05) is 37.5 Å². The highest BCUT2D eigenvalue weighted by atomic mass is 16.5. The normalized spacial score (nSPS) is 27.2. The number of piperidine rings is 1. The first-order valence-electron chi connectivity index (χ1n) is 12.4. The minimum Gasteiger partial charge on any atom is -0.508 e. The zero-order chi connectivity index (χ0) is 22.1. The molecule has 0 aromatic heterocycles. The van der Waals surface area contributed by atoms with Gasteiger partial charge in [-0.15, -0.1) is 0 Å². The molecule has 3 atom stereocenters. The molecule has 2 fully saturated rings. The molecule has 4 heteroatoms. The smallest absolute Gasteiger partial charge is 0.123 e. The summed E-state index contributed by atoms with van der Waals surface area (Å²) in [5, 5.41) is 10.1. The summed E-state index contributed by atoms with van der Waals surface area (Å²) in [4.78, 5) is 13.5. The molecule has 2 heterocycles. The van der Waals surface area contributed by atoms with Gasteiger partial charge in [-0.25, -0.2) is 0 Å². The Morgan fingerprint density at radius 3 is 2.34 bits per heavy atom. The lowest BCUT2D eigenvalue weighted by atomic mass is 9.72. The Labute approximate surface area is 191 Å². The van der Waals surface area contributed by atoms with Crippen LogP contribution in [0.5, 0.6) is 5.75 Å². The maximum atomic E-state index is 11.1. The van der Waals surface area contributed by atoms with E-state index in [4.69, 9.17) is 4.74 Å². The molecule has 32 heavy (non-hydrogen) atoms. The molecule has 0 bridgehead atoms. The lowest BCUT2D eigenvalue weighted by Gasteiger charge is -2.43. The number of phenols is 1. The van der Waals surface area contributed by atoms with Crippen LogP contribution in [0.15, 0.2) is 42.5 Å². The number of carbonyl (C=O) groups is 1. The van der Waals surface area contributed by atoms with Crippen molar-refractivity contribution in [3.05, 3.63) is 59.2 Å². The molecule has 1 saturated carbocycles. The van der Waals surface area contributed by atoms with Crippen LogP contribution in [0.3, 0.4) is 0 Å². The van der Waals surface area contributed by atoms with Gasteiger partial charge in [0.1, 0.15) is 12.0 Å². The van der Waals surface area contributed by atoms with E-state index in [-0.39, 0.29) is 24.0 Å². The zero-order valence-electron chi connectivity index (χ0n) is 19.1. The van der Waals surface area contributed by atoms with E-state index in [0.717, 1.165) is 37.8 Å². The number of phenolic OH excluding ortho intramolecular Hbond substituents is 1. The number of hydrogen-bond acceptors (Lipinski definition) is 4. The molecule has 2 aliphatic heterocycles. The van der Waals surface area contributed by atoms with Gasteiger partial charge in [0.2, 0.25) is 0 Å². The molecule has 1 N–H and O–H groups in total. The van der Waals surface area contributed by atoms with Crippen LogP contribution in [0, 0.1) is 11.8 Å². The van der Waals surface area contributed by atoms with E-state index in [1.807, 2.05) is 12.1 Å². The van der Waals surface area contributed by atoms with E-state index in [1.54, 1.807) is 0 Å². The number of hydrogen-bond donors (Lipinski definition) is 1. The second-order valence-corrected chi connectivity index (χ2v) is 9.98. The molecule has 0 spiro atoms. The van der Waals surface area contributed by atoms with Crippen LogP contribution in [0.4, 0.5) is 5.69 Å². The topological polar surface area (TPSA) is 49.8 Å². The molecular formula is C28H35NO3. The van der Waals surface area contributed by atoms with Crippen molar-refractivity contribution in [1.29, 1.82) is 0 Å². The van der Waals surface area contributed by atoms with Gasteiger partial charge in [0, 0.05) is 30.6 Å². The first-order valence-corrected chi connectivity index (χ1v) is 12.4. The fourth-order valence-electron chi connectivity index (χ4n) is 6.16. The van der Waals surface area contributed by atoms with Gasteiger partial charge in [0.15, 0.2) is 0 Å². The molecule has 170 valence electrons. The fourth-order valence-corrected chi connectivity index (χ4v) is 6.16. The van der Waals surface area contributed by atoms with Gasteiger partial charge in [-0.2, -0.15) is 0 Å². The van der Waals surface area contributed by atoms with Gasteiger partial charge in [-0.05, 0) is 79.5 Å². The van der Waals surface area contributed by atoms with Crippen LogP contribution in [-0.2, 0) is 9.53 Å². The lowest BCUT2D eigenvalue weighted by Crippen LogP contribution is -2.37. The van der Waals surface area contributed by atoms with Crippen LogP contribution in [0.1, 0.15) is 80.6 Å². The molecule has 2 aromatic rings. The van der Waals surface area contributed by atoms with E-state index < -0.39 is 0 Å². The third kappa shape index (κ3) is 4.17. The number of rotatable bonds is 4. The average molecular weight is 434 g/mol. The molecule has 3 aliphatic rings. The minimum absolute atomic E-state index is 0.00124. The second-order valence-electron chi connectivity index (χ2n) is 9.98. The highest BCUT2D eigenvalue weighted by Crippen LogP contribution is 2.47. The minimum atomic E-state index is -0.00124. The Hall–Kier alpha value is -2.33. The Balaban J connectivity index is 1.46. The second kappa shape index (κ2) is 9.27. The summed E-state index contributed by atoms with van der Waals surface area (Å²) in [6.45, 7) is 4.01. The molecular weight excluding hydrogens is 398 g/mol. The third-order valence-electron chi connectivity index (χ3n) is 8.00. The van der Waals surface area contributed by atoms with Crippen LogP contribution in [0.2, 0.25) is 0 Å². The predicted molar refractivity (Wildman–Crippen MR) is 127 cm³/mol. The summed E-state index contributed by atoms with van der Waals surface area (Å²) in [5.41, 5.74) is 4.95. The van der Waals surface area contributed by atoms with Crippen molar-refractivity contribution < 1.29 is 14.6 Å². The van der Waals surface area contributed by atoms with E-state index >= 15 is 0 Å². The molecule has 0 radical (unpaired) electrons. The highest BCUT2D eigenvalue weighted by molar-refractivity contribution is 5.56. The number of aldehydes is 1. The molecule has 2 aromatic carbocycles. The summed E-state index contributed by atoms with van der Waals surface area (Å²) >= 11 is 0. The van der Waals surface area contributed by atoms with Gasteiger partial charge in [-0.3, -0.25) is 0 Å². The van der Waals surface area contributed by atoms with E-state index in [2.05, 4.69) is 42.2 Å². The van der Waals surface area contributed by atoms with Gasteiger partial charge in [0.25, 0.3) is 0 Å². The Morgan fingerprint density at radius 2 is 1.66 bits per heavy atom. The van der Waals surface area contributed by atoms with E-state index in [9.17, 15) is 9.90 Å². The summed E-state index contributed by atoms with van der Waals surface area (Å²) < 4.78 is 6.69. The van der Waals surface area contributed by atoms with Crippen LogP contribution in [-0.4, -0.2) is 30.6 Å². The van der Waals surface area contributed by atoms with Gasteiger partial charge in [0.05, 0.1) is 12.2 Å². The van der Waals surface area contributed by atoms with Crippen molar-refractivity contribution in [2.45, 2.75) is 70.0 Å². The molecule has 0 amide bonds. The standard InChI is InChI=1S/C28H35NO3/c1-19-26-17-24(31)11-12-25(26)27(28(32-19)22-5-3-2-4-6-22)21-7-9-23(10-8-21)29-15-13-20(18-30)14-16-29/h7-12,17-20,22,27-28,31H,2-6,13-16H2,1H3/t19-,27+,28-/m1/s1. The predicted octanol–water partition coefficient (Wildman–Crippen LogP) is 5.98. The van der Waals surface area contributed by atoms with Gasteiger partial charge >= 0.3 is 0 Å². The molecule has 5 rings (SSSR count). The maximum Gasteiger partial charge on any atom is 0.123 e. The zero-order valence-corrected chi connectivity index (χ0v) is 19.1. The Kier molecular flexibility index (Phi) is 6.23. The fraction of sp³-hybridized carbons (Fsp3) is 0.536. The average Bonchev–Trinajstić information content (AvgIpc) is 2.85. The number of fused-ring (bicyclic) bond motifs is 1. The number of benzene rings is 2. The number of anilines is 1. The van der Waals surface area contributed by atoms with Crippen molar-refractivity contribution in [3.8, 4) is 5.75 Å². The number of carbonyl (C=O) groups excluding carboxylic acids is 1. The molecule has 1 aliphatic carbocycles. The van der Waals surface area contributed by atoms with Crippen molar-refractivity contribution in [3.63, 3.8) is 0 Å². The van der Waals surface area contributed by atoms with Crippen LogP contribution in [0.25, 0.3) is 0 Å². The van der Waals surface area contributed by atoms with Crippen molar-refractivity contribution in [2.24, 2.45) is 11.8 Å². The first-order chi connectivity index (χ1) is 15.6. The Morgan fingerprint density at radius 1 is 0.938 bits per heavy atom. The molecule has 1 saturated heterocycles. The van der Waals surface area contributed by atoms with Crippen molar-refractivity contribution >= 4 is 12.0 Å². The monoisotopic (exact) mass is 433 g/mol. The third-order valence-corrected chi connectivity index (χ3v) is 8.00. The van der Waals surface area contributed by atoms with Gasteiger partial charge < -0.3 is 19.5 Å². The Bertz CT molecular complexity index is 926. The van der Waals surface area contributed by atoms with Crippen molar-refractivity contribution in [1.82, 2.24) is 0 Å². The highest BCUT2D eigenvalue weighted by Gasteiger charge is 2.40. The first kappa shape index (κ1) is 21.5. The number of ether oxygens (including phenoxy) is 1. The molecule has 0 unspecified atom stereocenters. The van der Waals surface area contributed by atoms with Crippen LogP contribution < -0.4 is 4.90 Å².